The maximum absolute atomic E-state index is 12.8. The maximum Gasteiger partial charge on any atom is 0.337 e. The molecule has 1 atom stereocenters. The summed E-state index contributed by atoms with van der Waals surface area (Å²) in [5, 5.41) is 2.84. The van der Waals surface area contributed by atoms with Gasteiger partial charge in [-0.15, -0.1) is 0 Å². The smallest absolute Gasteiger partial charge is 0.337 e. The van der Waals surface area contributed by atoms with Crippen LogP contribution in [0.3, 0.4) is 0 Å². The normalized spacial score (nSPS) is 17.6. The first-order valence-electron chi connectivity index (χ1n) is 9.41. The topological polar surface area (TPSA) is 49.4 Å². The maximum atomic E-state index is 12.8. The van der Waals surface area contributed by atoms with Gasteiger partial charge in [0, 0.05) is 5.56 Å². The molecule has 0 bridgehead atoms. The number of carbonyl (C=O) groups excluding carboxylic acids is 1. The highest BCUT2D eigenvalue weighted by Gasteiger charge is 2.37. The van der Waals surface area contributed by atoms with Gasteiger partial charge in [0.1, 0.15) is 0 Å². The Bertz CT molecular complexity index is 946. The van der Waals surface area contributed by atoms with Crippen LogP contribution < -0.4 is 0 Å². The lowest BCUT2D eigenvalue weighted by Gasteiger charge is -2.41. The Morgan fingerprint density at radius 1 is 1.00 bits per heavy atom. The third-order valence-electron chi connectivity index (χ3n) is 5.63. The number of hydrogen-bond acceptors (Lipinski definition) is 3. The zero-order chi connectivity index (χ0) is 20.5. The quantitative estimate of drug-likeness (QED) is 0.412. The zero-order valence-electron chi connectivity index (χ0n) is 17.1. The van der Waals surface area contributed by atoms with Gasteiger partial charge in [0.25, 0.3) is 0 Å². The van der Waals surface area contributed by atoms with Crippen molar-refractivity contribution in [2.45, 2.75) is 56.3 Å². The van der Waals surface area contributed by atoms with Gasteiger partial charge in [-0.2, -0.15) is 0 Å². The summed E-state index contributed by atoms with van der Waals surface area (Å²) in [6, 6.07) is 12.9. The van der Waals surface area contributed by atoms with Crippen LogP contribution >= 0.6 is 0 Å². The summed E-state index contributed by atoms with van der Waals surface area (Å²) in [5.74, 6) is 2.56. The first-order valence-corrected chi connectivity index (χ1v) is 10.6. The summed E-state index contributed by atoms with van der Waals surface area (Å²) in [4.78, 5) is 12.2. The molecule has 0 aliphatic heterocycles. The van der Waals surface area contributed by atoms with Gasteiger partial charge in [0.15, 0.2) is 10.1 Å². The summed E-state index contributed by atoms with van der Waals surface area (Å²) >= 11 is -1.41. The van der Waals surface area contributed by atoms with Crippen LogP contribution in [0.1, 0.15) is 67.6 Å². The van der Waals surface area contributed by atoms with Gasteiger partial charge >= 0.3 is 5.97 Å². The Kier molecular flexibility index (Phi) is 5.61. The van der Waals surface area contributed by atoms with Gasteiger partial charge in [-0.1, -0.05) is 33.8 Å². The van der Waals surface area contributed by atoms with Crippen molar-refractivity contribution in [3.05, 3.63) is 64.7 Å². The van der Waals surface area contributed by atoms with E-state index >= 15 is 0 Å². The average molecular weight is 395 g/mol. The lowest BCUT2D eigenvalue weighted by Crippen LogP contribution is -2.34. The van der Waals surface area contributed by atoms with Gasteiger partial charge in [-0.3, -0.25) is 0 Å². The molecule has 0 radical (unpaired) electrons. The second-order valence-electron chi connectivity index (χ2n) is 8.54. The number of ether oxygens (including phenoxy) is 1. The molecule has 0 saturated carbocycles. The number of esters is 1. The van der Waals surface area contributed by atoms with Crippen LogP contribution in [-0.4, -0.2) is 17.6 Å². The van der Waals surface area contributed by atoms with Crippen molar-refractivity contribution in [2.75, 3.05) is 7.11 Å². The molecule has 2 aromatic rings. The van der Waals surface area contributed by atoms with E-state index in [9.17, 15) is 9.35 Å². The second kappa shape index (κ2) is 7.66. The Hall–Kier alpha value is -2.22. The number of hydrogen-bond donors (Lipinski definition) is 0. The van der Waals surface area contributed by atoms with Crippen molar-refractivity contribution in [1.29, 1.82) is 0 Å². The van der Waals surface area contributed by atoms with E-state index in [1.807, 2.05) is 6.07 Å². The predicted octanol–water partition coefficient (Wildman–Crippen LogP) is 4.94. The van der Waals surface area contributed by atoms with Gasteiger partial charge in [-0.25, -0.2) is 4.79 Å². The van der Waals surface area contributed by atoms with E-state index in [1.165, 1.54) is 18.2 Å². The standard InChI is InChI=1S/C24H26O3S/c1-23(2)13-14-24(3,4)21-16-19(10-11-20(21)23)28(26)15-12-17-6-8-18(9-7-17)22(25)27-5/h6-11,16H,13-14H2,1-5H3. The minimum Gasteiger partial charge on any atom is -0.599 e. The van der Waals surface area contributed by atoms with Gasteiger partial charge in [0.05, 0.1) is 23.8 Å². The van der Waals surface area contributed by atoms with Crippen molar-refractivity contribution < 1.29 is 14.1 Å². The fourth-order valence-corrected chi connectivity index (χ4v) is 4.40. The van der Waals surface area contributed by atoms with Gasteiger partial charge < -0.3 is 9.29 Å². The summed E-state index contributed by atoms with van der Waals surface area (Å²) in [6.07, 6.45) is 2.26. The van der Waals surface area contributed by atoms with Crippen molar-refractivity contribution in [3.8, 4) is 11.2 Å². The molecule has 2 aromatic carbocycles. The van der Waals surface area contributed by atoms with Crippen molar-refractivity contribution >= 4 is 17.1 Å². The lowest BCUT2D eigenvalue weighted by atomic mass is 9.63. The molecule has 4 heteroatoms. The highest BCUT2D eigenvalue weighted by molar-refractivity contribution is 7.96. The Balaban J connectivity index is 1.86. The van der Waals surface area contributed by atoms with Crippen LogP contribution in [-0.2, 0) is 26.7 Å². The van der Waals surface area contributed by atoms with Crippen LogP contribution in [0.15, 0.2) is 47.4 Å². The first kappa shape index (κ1) is 20.5. The van der Waals surface area contributed by atoms with Crippen molar-refractivity contribution in [3.63, 3.8) is 0 Å². The number of benzene rings is 2. The number of methoxy groups -OCH3 is 1. The van der Waals surface area contributed by atoms with E-state index < -0.39 is 11.2 Å². The molecule has 3 nitrogen and oxygen atoms in total. The highest BCUT2D eigenvalue weighted by atomic mass is 32.2. The predicted molar refractivity (Wildman–Crippen MR) is 113 cm³/mol. The summed E-state index contributed by atoms with van der Waals surface area (Å²) in [6.45, 7) is 9.05. The summed E-state index contributed by atoms with van der Waals surface area (Å²) in [5.41, 5.74) is 4.00. The third-order valence-corrected chi connectivity index (χ3v) is 6.60. The monoisotopic (exact) mass is 394 g/mol. The zero-order valence-corrected chi connectivity index (χ0v) is 17.9. The first-order chi connectivity index (χ1) is 13.1. The molecular formula is C24H26O3S. The lowest BCUT2D eigenvalue weighted by molar-refractivity contribution is 0.0600. The molecule has 1 aliphatic carbocycles. The van der Waals surface area contributed by atoms with Crippen LogP contribution in [0.5, 0.6) is 0 Å². The van der Waals surface area contributed by atoms with E-state index in [-0.39, 0.29) is 16.8 Å². The van der Waals surface area contributed by atoms with E-state index in [1.54, 1.807) is 24.3 Å². The van der Waals surface area contributed by atoms with E-state index in [2.05, 4.69) is 55.7 Å². The highest BCUT2D eigenvalue weighted by Crippen LogP contribution is 2.46. The van der Waals surface area contributed by atoms with Gasteiger partial charge in [-0.05, 0) is 77.1 Å². The molecule has 0 aromatic heterocycles. The minimum atomic E-state index is -1.41. The SMILES string of the molecule is COC(=O)c1ccc(C#C[S+]([O-])c2ccc3c(c2)C(C)(C)CCC3(C)C)cc1. The van der Waals surface area contributed by atoms with Gasteiger partial charge in [0.2, 0.25) is 0 Å². The fraction of sp³-hybridized carbons (Fsp3) is 0.375. The van der Waals surface area contributed by atoms with Crippen LogP contribution in [0.25, 0.3) is 0 Å². The van der Waals surface area contributed by atoms with Crippen LogP contribution in [0, 0.1) is 11.2 Å². The van der Waals surface area contributed by atoms with E-state index in [0.717, 1.165) is 17.7 Å². The third kappa shape index (κ3) is 4.11. The molecule has 28 heavy (non-hydrogen) atoms. The Labute approximate surface area is 170 Å². The largest absolute Gasteiger partial charge is 0.599 e. The number of carbonyl (C=O) groups is 1. The average Bonchev–Trinajstić information content (AvgIpc) is 2.69. The molecule has 3 rings (SSSR count). The van der Waals surface area contributed by atoms with Crippen LogP contribution in [0.4, 0.5) is 0 Å². The number of fused-ring (bicyclic) bond motifs is 1. The molecule has 1 aliphatic rings. The number of rotatable bonds is 2. The molecule has 0 saturated heterocycles. The fourth-order valence-electron chi connectivity index (χ4n) is 3.65. The molecule has 1 unspecified atom stereocenters. The molecule has 0 spiro atoms. The molecule has 0 amide bonds. The second-order valence-corrected chi connectivity index (χ2v) is 9.75. The van der Waals surface area contributed by atoms with Crippen molar-refractivity contribution in [1.82, 2.24) is 0 Å². The summed E-state index contributed by atoms with van der Waals surface area (Å²) < 4.78 is 17.4. The molecule has 0 N–H and O–H groups in total. The minimum absolute atomic E-state index is 0.0716. The van der Waals surface area contributed by atoms with E-state index in [4.69, 9.17) is 0 Å². The Morgan fingerprint density at radius 3 is 2.21 bits per heavy atom. The van der Waals surface area contributed by atoms with Crippen LogP contribution in [0.2, 0.25) is 0 Å². The molecule has 0 heterocycles. The molecule has 146 valence electrons. The van der Waals surface area contributed by atoms with E-state index in [0.29, 0.717) is 11.1 Å². The molecule has 0 fully saturated rings. The van der Waals surface area contributed by atoms with Crippen molar-refractivity contribution in [2.24, 2.45) is 0 Å². The summed E-state index contributed by atoms with van der Waals surface area (Å²) in [7, 11) is 1.35. The molecular weight excluding hydrogens is 368 g/mol. The Morgan fingerprint density at radius 2 is 1.61 bits per heavy atom.